The average molecular weight is 416 g/mol. The molecule has 0 aliphatic carbocycles. The fourth-order valence-electron chi connectivity index (χ4n) is 4.37. The molecule has 160 valence electrons. The molecule has 2 nitrogen and oxygen atoms in total. The van der Waals surface area contributed by atoms with Gasteiger partial charge in [0.2, 0.25) is 0 Å². The van der Waals surface area contributed by atoms with E-state index in [1.165, 1.54) is 39.8 Å². The molecule has 4 aromatic rings. The van der Waals surface area contributed by atoms with Gasteiger partial charge in [0.05, 0.1) is 0 Å². The van der Waals surface area contributed by atoms with Crippen LogP contribution in [0, 0.1) is 33.5 Å². The Morgan fingerprint density at radius 1 is 0.839 bits per heavy atom. The van der Waals surface area contributed by atoms with Crippen molar-refractivity contribution in [2.75, 3.05) is 5.32 Å². The van der Waals surface area contributed by atoms with Crippen molar-refractivity contribution in [1.82, 2.24) is 0 Å². The number of nitrogens with one attached hydrogen (secondary N) is 1. The molecule has 0 fully saturated rings. The molecule has 0 saturated carbocycles. The number of hydrogen-bond donors (Lipinski definition) is 1. The Bertz CT molecular complexity index is 1230. The van der Waals surface area contributed by atoms with Gasteiger partial charge < -0.3 is 9.73 Å². The van der Waals surface area contributed by atoms with E-state index in [4.69, 9.17) is 4.42 Å². The van der Waals surface area contributed by atoms with E-state index in [-0.39, 0.29) is 5.82 Å². The second kappa shape index (κ2) is 8.22. The number of rotatable bonds is 5. The van der Waals surface area contributed by atoms with Crippen LogP contribution in [-0.4, -0.2) is 0 Å². The average Bonchev–Trinajstić information content (AvgIpc) is 3.11. The fraction of sp³-hybridized carbons (Fsp3) is 0.286. The highest BCUT2D eigenvalue weighted by molar-refractivity contribution is 6.02. The summed E-state index contributed by atoms with van der Waals surface area (Å²) in [6.45, 7) is 13.5. The van der Waals surface area contributed by atoms with Gasteiger partial charge in [-0.3, -0.25) is 0 Å². The van der Waals surface area contributed by atoms with Crippen LogP contribution >= 0.6 is 0 Å². The number of hydrogen-bond acceptors (Lipinski definition) is 2. The number of benzene rings is 3. The molecular weight excluding hydrogens is 385 g/mol. The summed E-state index contributed by atoms with van der Waals surface area (Å²) in [4.78, 5) is 0. The van der Waals surface area contributed by atoms with Crippen molar-refractivity contribution in [2.24, 2.45) is 0 Å². The van der Waals surface area contributed by atoms with E-state index in [9.17, 15) is 4.39 Å². The molecule has 1 N–H and O–H groups in total. The third kappa shape index (κ3) is 3.85. The zero-order chi connectivity index (χ0) is 22.3. The first-order valence-corrected chi connectivity index (χ1v) is 10.9. The summed E-state index contributed by atoms with van der Waals surface area (Å²) >= 11 is 0. The monoisotopic (exact) mass is 415 g/mol. The van der Waals surface area contributed by atoms with Gasteiger partial charge >= 0.3 is 0 Å². The van der Waals surface area contributed by atoms with Crippen molar-refractivity contribution < 1.29 is 8.81 Å². The van der Waals surface area contributed by atoms with E-state index in [1.807, 2.05) is 19.1 Å². The minimum absolute atomic E-state index is 0.213. The van der Waals surface area contributed by atoms with Gasteiger partial charge in [-0.15, -0.1) is 0 Å². The van der Waals surface area contributed by atoms with Gasteiger partial charge in [-0.1, -0.05) is 50.2 Å². The maximum absolute atomic E-state index is 13.3. The predicted molar refractivity (Wildman–Crippen MR) is 128 cm³/mol. The van der Waals surface area contributed by atoms with Gasteiger partial charge in [-0.25, -0.2) is 4.39 Å². The molecule has 0 radical (unpaired) electrons. The van der Waals surface area contributed by atoms with Gasteiger partial charge in [0.15, 0.2) is 0 Å². The molecule has 0 aliphatic rings. The van der Waals surface area contributed by atoms with Crippen molar-refractivity contribution in [1.29, 1.82) is 0 Å². The van der Waals surface area contributed by atoms with Gasteiger partial charge in [0, 0.05) is 23.2 Å². The van der Waals surface area contributed by atoms with Crippen LogP contribution in [0.3, 0.4) is 0 Å². The van der Waals surface area contributed by atoms with E-state index in [1.54, 1.807) is 0 Å². The molecule has 0 atom stereocenters. The van der Waals surface area contributed by atoms with Crippen LogP contribution in [0.5, 0.6) is 0 Å². The van der Waals surface area contributed by atoms with Crippen molar-refractivity contribution in [3.05, 3.63) is 87.9 Å². The quantitative estimate of drug-likeness (QED) is 0.355. The van der Waals surface area contributed by atoms with Crippen molar-refractivity contribution >= 4 is 16.7 Å². The molecule has 0 amide bonds. The molecule has 4 rings (SSSR count). The third-order valence-electron chi connectivity index (χ3n) is 6.36. The van der Waals surface area contributed by atoms with Crippen LogP contribution < -0.4 is 5.32 Å². The second-order valence-electron chi connectivity index (χ2n) is 8.74. The lowest BCUT2D eigenvalue weighted by Gasteiger charge is -2.17. The SMILES string of the molecule is Cc1oc2c(C)c(C)c(NCc3ccc(F)cc3)c(C)c2c1-c1ccc(C(C)C)cc1. The molecule has 0 saturated heterocycles. The smallest absolute Gasteiger partial charge is 0.138 e. The summed E-state index contributed by atoms with van der Waals surface area (Å²) < 4.78 is 19.5. The molecule has 0 unspecified atom stereocenters. The molecule has 0 spiro atoms. The van der Waals surface area contributed by atoms with Crippen LogP contribution in [0.4, 0.5) is 10.1 Å². The zero-order valence-corrected chi connectivity index (χ0v) is 19.2. The number of anilines is 1. The lowest BCUT2D eigenvalue weighted by atomic mass is 9.92. The molecule has 1 aromatic heterocycles. The Morgan fingerprint density at radius 2 is 1.48 bits per heavy atom. The van der Waals surface area contributed by atoms with Gasteiger partial charge in [0.1, 0.15) is 17.2 Å². The van der Waals surface area contributed by atoms with Gasteiger partial charge in [0.25, 0.3) is 0 Å². The minimum Gasteiger partial charge on any atom is -0.460 e. The Labute approximate surface area is 184 Å². The number of fused-ring (bicyclic) bond motifs is 1. The van der Waals surface area contributed by atoms with Crippen molar-refractivity contribution in [3.8, 4) is 11.1 Å². The normalized spacial score (nSPS) is 11.5. The highest BCUT2D eigenvalue weighted by Crippen LogP contribution is 2.42. The summed E-state index contributed by atoms with van der Waals surface area (Å²) in [7, 11) is 0. The highest BCUT2D eigenvalue weighted by atomic mass is 19.1. The molecule has 1 heterocycles. The minimum atomic E-state index is -0.213. The standard InChI is InChI=1S/C28H30FNO/c1-16(2)22-9-11-23(12-10-22)26-20(6)31-28-18(4)17(3)27(19(5)25(26)28)30-15-21-7-13-24(29)14-8-21/h7-14,16,30H,15H2,1-6H3. The first-order chi connectivity index (χ1) is 14.8. The van der Waals surface area contributed by atoms with Crippen LogP contribution in [-0.2, 0) is 6.54 Å². The summed E-state index contributed by atoms with van der Waals surface area (Å²) in [5.74, 6) is 1.23. The first kappa shape index (κ1) is 21.2. The van der Waals surface area contributed by atoms with Crippen molar-refractivity contribution in [3.63, 3.8) is 0 Å². The highest BCUT2D eigenvalue weighted by Gasteiger charge is 2.21. The van der Waals surface area contributed by atoms with Gasteiger partial charge in [-0.05, 0) is 79.1 Å². The second-order valence-corrected chi connectivity index (χ2v) is 8.74. The molecule has 0 aliphatic heterocycles. The fourth-order valence-corrected chi connectivity index (χ4v) is 4.37. The van der Waals surface area contributed by atoms with Crippen LogP contribution in [0.15, 0.2) is 52.9 Å². The maximum atomic E-state index is 13.3. The molecule has 3 aromatic carbocycles. The maximum Gasteiger partial charge on any atom is 0.138 e. The van der Waals surface area contributed by atoms with E-state index in [0.717, 1.165) is 33.7 Å². The first-order valence-electron chi connectivity index (χ1n) is 10.9. The summed E-state index contributed by atoms with van der Waals surface area (Å²) in [6, 6.07) is 15.5. The topological polar surface area (TPSA) is 25.2 Å². The third-order valence-corrected chi connectivity index (χ3v) is 6.36. The summed E-state index contributed by atoms with van der Waals surface area (Å²) in [6.07, 6.45) is 0. The predicted octanol–water partition coefficient (Wildman–Crippen LogP) is 8.21. The number of halogens is 1. The van der Waals surface area contributed by atoms with E-state index in [2.05, 4.69) is 64.2 Å². The molecule has 31 heavy (non-hydrogen) atoms. The molecule has 3 heteroatoms. The summed E-state index contributed by atoms with van der Waals surface area (Å²) in [5, 5.41) is 4.76. The van der Waals surface area contributed by atoms with Crippen LogP contribution in [0.1, 0.15) is 53.3 Å². The van der Waals surface area contributed by atoms with Crippen molar-refractivity contribution in [2.45, 2.75) is 54.0 Å². The lowest BCUT2D eigenvalue weighted by molar-refractivity contribution is 0.577. The Morgan fingerprint density at radius 3 is 2.10 bits per heavy atom. The Balaban J connectivity index is 1.81. The van der Waals surface area contributed by atoms with E-state index < -0.39 is 0 Å². The Hall–Kier alpha value is -3.07. The largest absolute Gasteiger partial charge is 0.460 e. The number of furan rings is 1. The van der Waals surface area contributed by atoms with Gasteiger partial charge in [-0.2, -0.15) is 0 Å². The summed E-state index contributed by atoms with van der Waals surface area (Å²) in [5.41, 5.74) is 10.3. The molecular formula is C28H30FNO. The lowest BCUT2D eigenvalue weighted by Crippen LogP contribution is -2.05. The zero-order valence-electron chi connectivity index (χ0n) is 19.2. The van der Waals surface area contributed by atoms with E-state index in [0.29, 0.717) is 12.5 Å². The Kier molecular flexibility index (Phi) is 5.62. The van der Waals surface area contributed by atoms with Crippen LogP contribution in [0.2, 0.25) is 0 Å². The van der Waals surface area contributed by atoms with Crippen LogP contribution in [0.25, 0.3) is 22.1 Å². The van der Waals surface area contributed by atoms with E-state index >= 15 is 0 Å². The number of aryl methyl sites for hydroxylation is 3. The molecule has 0 bridgehead atoms.